The molecule has 3 atom stereocenters. The maximum Gasteiger partial charge on any atom is 0.314 e. The normalized spacial score (nSPS) is 23.0. The maximum atomic E-state index is 12.9. The van der Waals surface area contributed by atoms with Crippen molar-refractivity contribution in [3.05, 3.63) is 108 Å². The first kappa shape index (κ1) is 15.6. The Bertz CT molecular complexity index is 828. The van der Waals surface area contributed by atoms with Gasteiger partial charge in [-0.15, -0.1) is 0 Å². The lowest BCUT2D eigenvalue weighted by Gasteiger charge is -2.36. The molecule has 1 fully saturated rings. The number of carbonyl (C=O) groups is 1. The predicted octanol–water partition coefficient (Wildman–Crippen LogP) is 5.24. The zero-order valence-corrected chi connectivity index (χ0v) is 13.9. The molecule has 0 aliphatic carbocycles. The molecular weight excluding hydrogens is 308 g/mol. The molecule has 0 unspecified atom stereocenters. The molecule has 2 heteroatoms. The molecule has 1 aliphatic rings. The fourth-order valence-electron chi connectivity index (χ4n) is 3.72. The monoisotopic (exact) mass is 328 g/mol. The van der Waals surface area contributed by atoms with E-state index < -0.39 is 0 Å². The molecule has 3 aromatic carbocycles. The minimum atomic E-state index is -0.261. The van der Waals surface area contributed by atoms with E-state index in [0.717, 1.165) is 17.5 Å². The fourth-order valence-corrected chi connectivity index (χ4v) is 3.72. The third-order valence-corrected chi connectivity index (χ3v) is 4.94. The molecule has 2 nitrogen and oxygen atoms in total. The van der Waals surface area contributed by atoms with Crippen LogP contribution in [0.2, 0.25) is 0 Å². The molecule has 0 saturated carbocycles. The van der Waals surface area contributed by atoms with Gasteiger partial charge in [0.2, 0.25) is 0 Å². The minimum absolute atomic E-state index is 0.107. The number of rotatable bonds is 3. The van der Waals surface area contributed by atoms with Gasteiger partial charge in [0.1, 0.15) is 6.10 Å². The molecule has 4 rings (SSSR count). The summed E-state index contributed by atoms with van der Waals surface area (Å²) in [6.07, 6.45) is 0.596. The predicted molar refractivity (Wildman–Crippen MR) is 98.3 cm³/mol. The van der Waals surface area contributed by atoms with Gasteiger partial charge in [-0.05, 0) is 23.1 Å². The molecule has 1 aliphatic heterocycles. The van der Waals surface area contributed by atoms with Crippen LogP contribution in [-0.4, -0.2) is 5.97 Å². The van der Waals surface area contributed by atoms with Gasteiger partial charge in [0, 0.05) is 5.92 Å². The zero-order valence-electron chi connectivity index (χ0n) is 13.9. The van der Waals surface area contributed by atoms with E-state index in [-0.39, 0.29) is 23.9 Å². The molecule has 1 saturated heterocycles. The van der Waals surface area contributed by atoms with Crippen LogP contribution in [0.1, 0.15) is 41.1 Å². The van der Waals surface area contributed by atoms with Gasteiger partial charge in [0.15, 0.2) is 0 Å². The third kappa shape index (κ3) is 3.20. The van der Waals surface area contributed by atoms with Crippen molar-refractivity contribution in [2.75, 3.05) is 0 Å². The van der Waals surface area contributed by atoms with E-state index in [2.05, 4.69) is 12.1 Å². The fraction of sp³-hybridized carbons (Fsp3) is 0.174. The van der Waals surface area contributed by atoms with Crippen LogP contribution in [0.5, 0.6) is 0 Å². The van der Waals surface area contributed by atoms with Crippen molar-refractivity contribution < 1.29 is 9.53 Å². The first-order chi connectivity index (χ1) is 12.3. The van der Waals surface area contributed by atoms with Crippen LogP contribution in [-0.2, 0) is 9.53 Å². The summed E-state index contributed by atoms with van der Waals surface area (Å²) >= 11 is 0. The summed E-state index contributed by atoms with van der Waals surface area (Å²) in [6.45, 7) is 0. The molecule has 0 N–H and O–H groups in total. The van der Waals surface area contributed by atoms with Gasteiger partial charge in [-0.2, -0.15) is 0 Å². The van der Waals surface area contributed by atoms with Gasteiger partial charge < -0.3 is 4.74 Å². The van der Waals surface area contributed by atoms with Gasteiger partial charge in [-0.25, -0.2) is 0 Å². The zero-order chi connectivity index (χ0) is 17.1. The van der Waals surface area contributed by atoms with Crippen molar-refractivity contribution in [1.29, 1.82) is 0 Å². The molecule has 0 bridgehead atoms. The molecule has 0 spiro atoms. The summed E-state index contributed by atoms with van der Waals surface area (Å²) in [5.74, 6) is -0.293. The maximum absolute atomic E-state index is 12.9. The van der Waals surface area contributed by atoms with Gasteiger partial charge in [0.25, 0.3) is 0 Å². The number of benzene rings is 3. The van der Waals surface area contributed by atoms with E-state index in [1.54, 1.807) is 0 Å². The Hall–Kier alpha value is -2.87. The summed E-state index contributed by atoms with van der Waals surface area (Å²) < 4.78 is 5.85. The number of esters is 1. The second kappa shape index (κ2) is 6.94. The van der Waals surface area contributed by atoms with Crippen molar-refractivity contribution in [2.24, 2.45) is 0 Å². The van der Waals surface area contributed by atoms with E-state index in [1.165, 1.54) is 5.56 Å². The van der Waals surface area contributed by atoms with Gasteiger partial charge >= 0.3 is 5.97 Å². The van der Waals surface area contributed by atoms with Crippen LogP contribution in [0.4, 0.5) is 0 Å². The van der Waals surface area contributed by atoms with Crippen molar-refractivity contribution in [3.63, 3.8) is 0 Å². The lowest BCUT2D eigenvalue weighted by Crippen LogP contribution is -2.31. The standard InChI is InChI=1S/C23H20O2/c24-23-22(19-14-8-3-9-15-19)20(17-10-4-1-5-11-17)16-21(25-23)18-12-6-2-7-13-18/h1-15,20-22H,16H2/t20-,21-,22-/m0/s1. The highest BCUT2D eigenvalue weighted by molar-refractivity contribution is 5.80. The number of ether oxygens (including phenoxy) is 1. The Labute approximate surface area is 148 Å². The molecule has 124 valence electrons. The van der Waals surface area contributed by atoms with E-state index in [0.29, 0.717) is 0 Å². The first-order valence-electron chi connectivity index (χ1n) is 8.68. The van der Waals surface area contributed by atoms with E-state index >= 15 is 0 Å². The number of cyclic esters (lactones) is 1. The number of carbonyl (C=O) groups excluding carboxylic acids is 1. The molecule has 0 aromatic heterocycles. The molecular formula is C23H20O2. The lowest BCUT2D eigenvalue weighted by molar-refractivity contribution is -0.158. The quantitative estimate of drug-likeness (QED) is 0.614. The van der Waals surface area contributed by atoms with Gasteiger partial charge in [-0.1, -0.05) is 91.0 Å². The first-order valence-corrected chi connectivity index (χ1v) is 8.68. The summed E-state index contributed by atoms with van der Waals surface area (Å²) in [6, 6.07) is 30.3. The molecule has 0 amide bonds. The average Bonchev–Trinajstić information content (AvgIpc) is 2.69. The van der Waals surface area contributed by atoms with Crippen molar-refractivity contribution in [2.45, 2.75) is 24.4 Å². The summed E-state index contributed by atoms with van der Waals surface area (Å²) in [5.41, 5.74) is 3.27. The SMILES string of the molecule is O=C1O[C@H](c2ccccc2)C[C@@H](c2ccccc2)[C@@H]1c1ccccc1. The second-order valence-electron chi connectivity index (χ2n) is 6.48. The lowest BCUT2D eigenvalue weighted by atomic mass is 9.75. The Morgan fingerprint density at radius 1 is 0.640 bits per heavy atom. The molecule has 25 heavy (non-hydrogen) atoms. The highest BCUT2D eigenvalue weighted by Crippen LogP contribution is 2.45. The summed E-state index contributed by atoms with van der Waals surface area (Å²) in [7, 11) is 0. The second-order valence-corrected chi connectivity index (χ2v) is 6.48. The Morgan fingerprint density at radius 3 is 1.68 bits per heavy atom. The summed E-state index contributed by atoms with van der Waals surface area (Å²) in [4.78, 5) is 12.9. The Kier molecular flexibility index (Phi) is 4.34. The Morgan fingerprint density at radius 2 is 1.12 bits per heavy atom. The molecule has 0 radical (unpaired) electrons. The smallest absolute Gasteiger partial charge is 0.314 e. The minimum Gasteiger partial charge on any atom is -0.457 e. The van der Waals surface area contributed by atoms with Crippen LogP contribution < -0.4 is 0 Å². The van der Waals surface area contributed by atoms with Gasteiger partial charge in [-0.3, -0.25) is 4.79 Å². The molecule has 3 aromatic rings. The molecule has 1 heterocycles. The van der Waals surface area contributed by atoms with Crippen LogP contribution >= 0.6 is 0 Å². The van der Waals surface area contributed by atoms with E-state index in [4.69, 9.17) is 4.74 Å². The Balaban J connectivity index is 1.73. The summed E-state index contributed by atoms with van der Waals surface area (Å²) in [5, 5.41) is 0. The van der Waals surface area contributed by atoms with E-state index in [9.17, 15) is 4.79 Å². The topological polar surface area (TPSA) is 26.3 Å². The van der Waals surface area contributed by atoms with Gasteiger partial charge in [0.05, 0.1) is 5.92 Å². The largest absolute Gasteiger partial charge is 0.457 e. The number of hydrogen-bond donors (Lipinski definition) is 0. The third-order valence-electron chi connectivity index (χ3n) is 4.94. The van der Waals surface area contributed by atoms with Crippen molar-refractivity contribution in [1.82, 2.24) is 0 Å². The number of hydrogen-bond acceptors (Lipinski definition) is 2. The van der Waals surface area contributed by atoms with Crippen LogP contribution in [0.25, 0.3) is 0 Å². The van der Waals surface area contributed by atoms with Crippen LogP contribution in [0.15, 0.2) is 91.0 Å². The van der Waals surface area contributed by atoms with Crippen LogP contribution in [0.3, 0.4) is 0 Å². The highest BCUT2D eigenvalue weighted by Gasteiger charge is 2.40. The van der Waals surface area contributed by atoms with Crippen molar-refractivity contribution >= 4 is 5.97 Å². The van der Waals surface area contributed by atoms with Crippen LogP contribution in [0, 0.1) is 0 Å². The highest BCUT2D eigenvalue weighted by atomic mass is 16.5. The van der Waals surface area contributed by atoms with Crippen molar-refractivity contribution in [3.8, 4) is 0 Å². The average molecular weight is 328 g/mol. The van der Waals surface area contributed by atoms with E-state index in [1.807, 2.05) is 78.9 Å².